The van der Waals surface area contributed by atoms with Gasteiger partial charge < -0.3 is 10.6 Å². The van der Waals surface area contributed by atoms with E-state index in [-0.39, 0.29) is 17.9 Å². The minimum absolute atomic E-state index is 0.0684. The molecule has 5 heteroatoms. The first-order valence-electron chi connectivity index (χ1n) is 5.38. The minimum Gasteiger partial charge on any atom is -0.354 e. The molecule has 1 aliphatic rings. The molecule has 0 saturated carbocycles. The quantitative estimate of drug-likeness (QED) is 0.812. The van der Waals surface area contributed by atoms with Crippen molar-refractivity contribution in [2.75, 3.05) is 6.54 Å². The Hall–Kier alpha value is -1.36. The summed E-state index contributed by atoms with van der Waals surface area (Å²) in [4.78, 5) is 23.3. The van der Waals surface area contributed by atoms with Crippen molar-refractivity contribution in [3.05, 3.63) is 22.4 Å². The van der Waals surface area contributed by atoms with E-state index in [1.165, 1.54) is 11.3 Å². The van der Waals surface area contributed by atoms with Crippen LogP contribution in [0.5, 0.6) is 0 Å². The molecule has 1 fully saturated rings. The number of nitrogens with one attached hydrogen (secondary N) is 2. The maximum Gasteiger partial charge on any atom is 0.252 e. The van der Waals surface area contributed by atoms with Gasteiger partial charge in [0.25, 0.3) is 5.91 Å². The first-order chi connectivity index (χ1) is 7.77. The molecule has 1 aromatic heterocycles. The van der Waals surface area contributed by atoms with Crippen LogP contribution in [0.15, 0.2) is 16.8 Å². The van der Waals surface area contributed by atoms with Crippen molar-refractivity contribution in [1.29, 1.82) is 0 Å². The maximum atomic E-state index is 11.7. The number of hydrogen-bond acceptors (Lipinski definition) is 3. The van der Waals surface area contributed by atoms with Gasteiger partial charge in [-0.1, -0.05) is 0 Å². The Kier molecular flexibility index (Phi) is 3.56. The van der Waals surface area contributed by atoms with E-state index in [1.807, 2.05) is 5.38 Å². The Morgan fingerprint density at radius 3 is 3.12 bits per heavy atom. The Morgan fingerprint density at radius 1 is 1.50 bits per heavy atom. The van der Waals surface area contributed by atoms with Crippen LogP contribution < -0.4 is 10.6 Å². The fraction of sp³-hybridized carbons (Fsp3) is 0.455. The van der Waals surface area contributed by atoms with Crippen molar-refractivity contribution < 1.29 is 9.59 Å². The van der Waals surface area contributed by atoms with Crippen molar-refractivity contribution >= 4 is 23.2 Å². The van der Waals surface area contributed by atoms with Gasteiger partial charge in [0.1, 0.15) is 6.04 Å². The van der Waals surface area contributed by atoms with Gasteiger partial charge in [-0.05, 0) is 30.7 Å². The molecule has 1 atom stereocenters. The van der Waals surface area contributed by atoms with Crippen molar-refractivity contribution in [2.45, 2.75) is 25.3 Å². The van der Waals surface area contributed by atoms with Gasteiger partial charge in [0.05, 0.1) is 5.56 Å². The van der Waals surface area contributed by atoms with Gasteiger partial charge in [0, 0.05) is 11.9 Å². The van der Waals surface area contributed by atoms with Crippen molar-refractivity contribution in [1.82, 2.24) is 10.6 Å². The molecule has 2 N–H and O–H groups in total. The standard InChI is InChI=1S/C11H14N2O2S/c14-10(8-4-6-16-7-8)13-9-3-1-2-5-12-11(9)15/h4,6-7,9H,1-3,5H2,(H,12,15)(H,13,14). The molecule has 0 radical (unpaired) electrons. The fourth-order valence-electron chi connectivity index (χ4n) is 1.71. The van der Waals surface area contributed by atoms with Crippen molar-refractivity contribution in [3.8, 4) is 0 Å². The lowest BCUT2D eigenvalue weighted by Gasteiger charge is -2.14. The fourth-order valence-corrected chi connectivity index (χ4v) is 2.35. The Bertz CT molecular complexity index is 375. The first kappa shape index (κ1) is 11.1. The van der Waals surface area contributed by atoms with E-state index in [0.717, 1.165) is 19.3 Å². The third-order valence-corrected chi connectivity index (χ3v) is 3.31. The highest BCUT2D eigenvalue weighted by Gasteiger charge is 2.22. The SMILES string of the molecule is O=C(NC1CCCCNC1=O)c1ccsc1. The molecule has 2 heterocycles. The summed E-state index contributed by atoms with van der Waals surface area (Å²) in [6, 6.07) is 1.38. The molecule has 1 unspecified atom stereocenters. The summed E-state index contributed by atoms with van der Waals surface area (Å²) in [5.41, 5.74) is 0.627. The van der Waals surface area contributed by atoms with Crippen LogP contribution in [0.4, 0.5) is 0 Å². The lowest BCUT2D eigenvalue weighted by Crippen LogP contribution is -2.45. The van der Waals surface area contributed by atoms with Gasteiger partial charge in [0.15, 0.2) is 0 Å². The molecule has 16 heavy (non-hydrogen) atoms. The smallest absolute Gasteiger partial charge is 0.252 e. The average molecular weight is 238 g/mol. The predicted molar refractivity (Wildman–Crippen MR) is 62.4 cm³/mol. The zero-order valence-electron chi connectivity index (χ0n) is 8.86. The van der Waals surface area contributed by atoms with Gasteiger partial charge in [-0.15, -0.1) is 0 Å². The molecule has 1 aliphatic heterocycles. The number of thiophene rings is 1. The van der Waals surface area contributed by atoms with Crippen LogP contribution in [-0.4, -0.2) is 24.4 Å². The normalized spacial score (nSPS) is 21.0. The lowest BCUT2D eigenvalue weighted by atomic mass is 10.1. The second kappa shape index (κ2) is 5.12. The Balaban J connectivity index is 1.97. The molecular weight excluding hydrogens is 224 g/mol. The first-order valence-corrected chi connectivity index (χ1v) is 6.32. The molecule has 1 saturated heterocycles. The molecular formula is C11H14N2O2S. The second-order valence-corrected chi connectivity index (χ2v) is 4.60. The Morgan fingerprint density at radius 2 is 2.38 bits per heavy atom. The summed E-state index contributed by atoms with van der Waals surface area (Å²) in [6.07, 6.45) is 2.67. The third kappa shape index (κ3) is 2.61. The van der Waals surface area contributed by atoms with Gasteiger partial charge in [-0.3, -0.25) is 9.59 Å². The zero-order valence-corrected chi connectivity index (χ0v) is 9.68. The van der Waals surface area contributed by atoms with Crippen molar-refractivity contribution in [2.24, 2.45) is 0 Å². The van der Waals surface area contributed by atoms with Gasteiger partial charge in [0.2, 0.25) is 5.91 Å². The van der Waals surface area contributed by atoms with E-state index in [1.54, 1.807) is 11.4 Å². The monoisotopic (exact) mass is 238 g/mol. The van der Waals surface area contributed by atoms with Crippen molar-refractivity contribution in [3.63, 3.8) is 0 Å². The minimum atomic E-state index is -0.380. The van der Waals surface area contributed by atoms with Crippen LogP contribution >= 0.6 is 11.3 Å². The predicted octanol–water partition coefficient (Wildman–Crippen LogP) is 1.15. The topological polar surface area (TPSA) is 58.2 Å². The summed E-state index contributed by atoms with van der Waals surface area (Å²) in [5, 5.41) is 9.19. The second-order valence-electron chi connectivity index (χ2n) is 3.82. The zero-order chi connectivity index (χ0) is 11.4. The molecule has 2 amide bonds. The Labute approximate surface area is 98.0 Å². The summed E-state index contributed by atoms with van der Waals surface area (Å²) in [7, 11) is 0. The van der Waals surface area contributed by atoms with Gasteiger partial charge >= 0.3 is 0 Å². The van der Waals surface area contributed by atoms with Crippen LogP contribution in [0.1, 0.15) is 29.6 Å². The number of amides is 2. The highest BCUT2D eigenvalue weighted by Crippen LogP contribution is 2.09. The molecule has 1 aromatic rings. The summed E-state index contributed by atoms with van der Waals surface area (Å²) >= 11 is 1.47. The highest BCUT2D eigenvalue weighted by molar-refractivity contribution is 7.08. The van der Waals surface area contributed by atoms with Crippen LogP contribution in [0.25, 0.3) is 0 Å². The van der Waals surface area contributed by atoms with E-state index in [2.05, 4.69) is 10.6 Å². The van der Waals surface area contributed by atoms with E-state index in [9.17, 15) is 9.59 Å². The summed E-state index contributed by atoms with van der Waals surface area (Å²) in [6.45, 7) is 0.712. The molecule has 4 nitrogen and oxygen atoms in total. The number of carbonyl (C=O) groups excluding carboxylic acids is 2. The number of rotatable bonds is 2. The third-order valence-electron chi connectivity index (χ3n) is 2.62. The van der Waals surface area contributed by atoms with Crippen LogP contribution in [0.3, 0.4) is 0 Å². The molecule has 0 bridgehead atoms. The summed E-state index contributed by atoms with van der Waals surface area (Å²) < 4.78 is 0. The van der Waals surface area contributed by atoms with E-state index in [0.29, 0.717) is 12.1 Å². The molecule has 2 rings (SSSR count). The molecule has 86 valence electrons. The lowest BCUT2D eigenvalue weighted by molar-refractivity contribution is -0.122. The van der Waals surface area contributed by atoms with Gasteiger partial charge in [-0.2, -0.15) is 11.3 Å². The largest absolute Gasteiger partial charge is 0.354 e. The van der Waals surface area contributed by atoms with E-state index < -0.39 is 0 Å². The average Bonchev–Trinajstić information content (AvgIpc) is 2.73. The van der Waals surface area contributed by atoms with E-state index >= 15 is 0 Å². The molecule has 0 spiro atoms. The summed E-state index contributed by atoms with van der Waals surface area (Å²) in [5.74, 6) is -0.232. The molecule has 0 aromatic carbocycles. The van der Waals surface area contributed by atoms with Crippen LogP contribution in [0, 0.1) is 0 Å². The molecule has 0 aliphatic carbocycles. The number of carbonyl (C=O) groups is 2. The van der Waals surface area contributed by atoms with Crippen LogP contribution in [0.2, 0.25) is 0 Å². The number of hydrogen-bond donors (Lipinski definition) is 2. The maximum absolute atomic E-state index is 11.7. The highest BCUT2D eigenvalue weighted by atomic mass is 32.1. The van der Waals surface area contributed by atoms with Crippen LogP contribution in [-0.2, 0) is 4.79 Å². The van der Waals surface area contributed by atoms with E-state index in [4.69, 9.17) is 0 Å². The van der Waals surface area contributed by atoms with Gasteiger partial charge in [-0.25, -0.2) is 0 Å².